The SMILES string of the molecule is C/C=C\C(C)=C/C.CC(C)C. The normalized spacial score (nSPS) is 11.7. The third-order valence-corrected chi connectivity index (χ3v) is 0.885. The Bertz CT molecular complexity index is 113. The second-order valence-electron chi connectivity index (χ2n) is 3.26. The van der Waals surface area contributed by atoms with E-state index in [-0.39, 0.29) is 0 Å². The third kappa shape index (κ3) is 26.4. The summed E-state index contributed by atoms with van der Waals surface area (Å²) in [4.78, 5) is 0. The molecule has 0 heteroatoms. The lowest BCUT2D eigenvalue weighted by Crippen LogP contribution is -1.66. The van der Waals surface area contributed by atoms with Gasteiger partial charge in [-0.3, -0.25) is 0 Å². The van der Waals surface area contributed by atoms with Crippen molar-refractivity contribution in [2.45, 2.75) is 41.5 Å². The zero-order chi connectivity index (χ0) is 9.28. The molecule has 0 aromatic carbocycles. The molecule has 0 heterocycles. The number of hydrogen-bond donors (Lipinski definition) is 0. The molecule has 0 amide bonds. The van der Waals surface area contributed by atoms with Crippen LogP contribution >= 0.6 is 0 Å². The first-order chi connectivity index (χ1) is 5.04. The van der Waals surface area contributed by atoms with Gasteiger partial charge in [0.05, 0.1) is 0 Å². The lowest BCUT2D eigenvalue weighted by atomic mass is 10.3. The molecule has 0 rings (SSSR count). The number of hydrogen-bond acceptors (Lipinski definition) is 0. The molecule has 0 aliphatic rings. The topological polar surface area (TPSA) is 0 Å². The lowest BCUT2D eigenvalue weighted by molar-refractivity contribution is 0.737. The van der Waals surface area contributed by atoms with Gasteiger partial charge in [0.15, 0.2) is 0 Å². The molecule has 0 fully saturated rings. The van der Waals surface area contributed by atoms with Crippen molar-refractivity contribution in [2.24, 2.45) is 5.92 Å². The molecule has 11 heavy (non-hydrogen) atoms. The van der Waals surface area contributed by atoms with E-state index in [0.29, 0.717) is 0 Å². The Morgan fingerprint density at radius 1 is 1.09 bits per heavy atom. The Hall–Kier alpha value is -0.520. The van der Waals surface area contributed by atoms with Crippen molar-refractivity contribution in [3.8, 4) is 0 Å². The molecule has 0 atom stereocenters. The maximum absolute atomic E-state index is 2.17. The van der Waals surface area contributed by atoms with Crippen LogP contribution in [0.5, 0.6) is 0 Å². The van der Waals surface area contributed by atoms with E-state index in [1.165, 1.54) is 5.57 Å². The summed E-state index contributed by atoms with van der Waals surface area (Å²) in [5, 5.41) is 0. The van der Waals surface area contributed by atoms with Gasteiger partial charge in [-0.1, -0.05) is 44.6 Å². The summed E-state index contributed by atoms with van der Waals surface area (Å²) in [6.45, 7) is 12.6. The van der Waals surface area contributed by atoms with Crippen molar-refractivity contribution in [3.05, 3.63) is 23.8 Å². The van der Waals surface area contributed by atoms with Crippen LogP contribution < -0.4 is 0 Å². The third-order valence-electron chi connectivity index (χ3n) is 0.885. The molecule has 0 nitrogen and oxygen atoms in total. The number of allylic oxidation sites excluding steroid dienone is 4. The first-order valence-corrected chi connectivity index (χ1v) is 4.30. The highest BCUT2D eigenvalue weighted by Gasteiger charge is 1.69. The molecule has 0 saturated carbocycles. The molecule has 66 valence electrons. The van der Waals surface area contributed by atoms with E-state index in [1.54, 1.807) is 0 Å². The summed E-state index contributed by atoms with van der Waals surface area (Å²) in [6, 6.07) is 0. The summed E-state index contributed by atoms with van der Waals surface area (Å²) in [7, 11) is 0. The van der Waals surface area contributed by atoms with Crippen LogP contribution in [-0.2, 0) is 0 Å². The summed E-state index contributed by atoms with van der Waals surface area (Å²) in [5.41, 5.74) is 1.32. The van der Waals surface area contributed by atoms with E-state index in [2.05, 4.69) is 39.8 Å². The second-order valence-corrected chi connectivity index (χ2v) is 3.26. The maximum atomic E-state index is 2.17. The fraction of sp³-hybridized carbons (Fsp3) is 0.636. The van der Waals surface area contributed by atoms with Gasteiger partial charge >= 0.3 is 0 Å². The fourth-order valence-corrected chi connectivity index (χ4v) is 0.359. The molecular weight excluding hydrogens is 132 g/mol. The van der Waals surface area contributed by atoms with Crippen LogP contribution in [0, 0.1) is 5.92 Å². The van der Waals surface area contributed by atoms with Gasteiger partial charge in [0.25, 0.3) is 0 Å². The van der Waals surface area contributed by atoms with Crippen LogP contribution in [0.1, 0.15) is 41.5 Å². The van der Waals surface area contributed by atoms with Crippen molar-refractivity contribution >= 4 is 0 Å². The Morgan fingerprint density at radius 3 is 1.55 bits per heavy atom. The van der Waals surface area contributed by atoms with Crippen LogP contribution in [0.3, 0.4) is 0 Å². The Balaban J connectivity index is 0. The molecule has 0 aromatic heterocycles. The Kier molecular flexibility index (Phi) is 11.3. The highest BCUT2D eigenvalue weighted by molar-refractivity contribution is 5.13. The summed E-state index contributed by atoms with van der Waals surface area (Å²) >= 11 is 0. The zero-order valence-corrected chi connectivity index (χ0v) is 8.81. The van der Waals surface area contributed by atoms with Crippen molar-refractivity contribution in [1.29, 1.82) is 0 Å². The molecule has 0 aromatic rings. The predicted octanol–water partition coefficient (Wildman–Crippen LogP) is 4.19. The van der Waals surface area contributed by atoms with E-state index < -0.39 is 0 Å². The Morgan fingerprint density at radius 2 is 1.45 bits per heavy atom. The first-order valence-electron chi connectivity index (χ1n) is 4.30. The maximum Gasteiger partial charge on any atom is -0.0401 e. The van der Waals surface area contributed by atoms with Gasteiger partial charge in [0.2, 0.25) is 0 Å². The van der Waals surface area contributed by atoms with Gasteiger partial charge in [-0.25, -0.2) is 0 Å². The zero-order valence-electron chi connectivity index (χ0n) is 8.81. The minimum Gasteiger partial charge on any atom is -0.0874 e. The highest BCUT2D eigenvalue weighted by atomic mass is 13.8. The Labute approximate surface area is 72.0 Å². The molecule has 0 aliphatic heterocycles. The molecular formula is C11H22. The molecule has 0 aliphatic carbocycles. The molecule has 0 N–H and O–H groups in total. The monoisotopic (exact) mass is 154 g/mol. The fourth-order valence-electron chi connectivity index (χ4n) is 0.359. The molecule has 0 radical (unpaired) electrons. The smallest absolute Gasteiger partial charge is 0.0401 e. The van der Waals surface area contributed by atoms with Crippen molar-refractivity contribution in [3.63, 3.8) is 0 Å². The molecule has 0 saturated heterocycles. The summed E-state index contributed by atoms with van der Waals surface area (Å²) < 4.78 is 0. The van der Waals surface area contributed by atoms with Gasteiger partial charge in [0.1, 0.15) is 0 Å². The minimum atomic E-state index is 0.833. The van der Waals surface area contributed by atoms with Gasteiger partial charge in [-0.15, -0.1) is 0 Å². The van der Waals surface area contributed by atoms with E-state index >= 15 is 0 Å². The molecule has 0 bridgehead atoms. The lowest BCUT2D eigenvalue weighted by Gasteiger charge is -1.81. The average Bonchev–Trinajstić information content (AvgIpc) is 1.87. The molecule has 0 spiro atoms. The van der Waals surface area contributed by atoms with E-state index in [0.717, 1.165) is 5.92 Å². The van der Waals surface area contributed by atoms with Crippen LogP contribution in [0.25, 0.3) is 0 Å². The summed E-state index contributed by atoms with van der Waals surface area (Å²) in [5.74, 6) is 0.833. The molecule has 0 unspecified atom stereocenters. The predicted molar refractivity (Wildman–Crippen MR) is 54.8 cm³/mol. The highest BCUT2D eigenvalue weighted by Crippen LogP contribution is 1.91. The van der Waals surface area contributed by atoms with Crippen molar-refractivity contribution in [1.82, 2.24) is 0 Å². The van der Waals surface area contributed by atoms with Gasteiger partial charge < -0.3 is 0 Å². The van der Waals surface area contributed by atoms with Gasteiger partial charge in [-0.05, 0) is 26.7 Å². The quantitative estimate of drug-likeness (QED) is 0.497. The van der Waals surface area contributed by atoms with Crippen LogP contribution in [0.2, 0.25) is 0 Å². The van der Waals surface area contributed by atoms with Crippen LogP contribution in [-0.4, -0.2) is 0 Å². The minimum absolute atomic E-state index is 0.833. The van der Waals surface area contributed by atoms with E-state index in [9.17, 15) is 0 Å². The largest absolute Gasteiger partial charge is 0.0874 e. The standard InChI is InChI=1S/C7H12.C4H10/c1-4-6-7(3)5-2;1-4(2)3/h4-6H,1-3H3;4H,1-3H3/b6-4-,7-5-;. The van der Waals surface area contributed by atoms with E-state index in [4.69, 9.17) is 0 Å². The van der Waals surface area contributed by atoms with Crippen LogP contribution in [0.4, 0.5) is 0 Å². The van der Waals surface area contributed by atoms with E-state index in [1.807, 2.05) is 19.9 Å². The van der Waals surface area contributed by atoms with Gasteiger partial charge in [0, 0.05) is 0 Å². The van der Waals surface area contributed by atoms with Crippen molar-refractivity contribution < 1.29 is 0 Å². The first kappa shape index (κ1) is 13.1. The van der Waals surface area contributed by atoms with Gasteiger partial charge in [-0.2, -0.15) is 0 Å². The van der Waals surface area contributed by atoms with Crippen molar-refractivity contribution in [2.75, 3.05) is 0 Å². The summed E-state index contributed by atoms with van der Waals surface area (Å²) in [6.07, 6.45) is 6.20. The van der Waals surface area contributed by atoms with Crippen LogP contribution in [0.15, 0.2) is 23.8 Å². The number of rotatable bonds is 1. The second kappa shape index (κ2) is 9.48. The average molecular weight is 154 g/mol.